The van der Waals surface area contributed by atoms with Crippen LogP contribution in [0.1, 0.15) is 12.0 Å². The quantitative estimate of drug-likeness (QED) is 0.655. The number of amides is 1. The van der Waals surface area contributed by atoms with Gasteiger partial charge in [0.05, 0.1) is 10.8 Å². The van der Waals surface area contributed by atoms with E-state index < -0.39 is 16.8 Å². The lowest BCUT2D eigenvalue weighted by atomic mass is 10.1. The van der Waals surface area contributed by atoms with Crippen molar-refractivity contribution < 1.29 is 19.6 Å². The summed E-state index contributed by atoms with van der Waals surface area (Å²) in [7, 11) is 0. The van der Waals surface area contributed by atoms with Crippen LogP contribution < -0.4 is 4.90 Å². The Labute approximate surface area is 108 Å². The lowest BCUT2D eigenvalue weighted by Gasteiger charge is -2.18. The van der Waals surface area contributed by atoms with E-state index in [0.717, 1.165) is 0 Å². The van der Waals surface area contributed by atoms with Crippen LogP contribution in [0.5, 0.6) is 0 Å². The maximum Gasteiger partial charge on any atom is 0.308 e. The fourth-order valence-electron chi connectivity index (χ4n) is 2.16. The number of aryl methyl sites for hydroxylation is 1. The fraction of sp³-hybridized carbons (Fsp3) is 0.333. The molecule has 7 nitrogen and oxygen atoms in total. The van der Waals surface area contributed by atoms with Crippen molar-refractivity contribution in [3.05, 3.63) is 33.9 Å². The van der Waals surface area contributed by atoms with Crippen molar-refractivity contribution in [1.29, 1.82) is 0 Å². The number of anilines is 1. The predicted octanol–water partition coefficient (Wildman–Crippen LogP) is 1.34. The summed E-state index contributed by atoms with van der Waals surface area (Å²) in [5.74, 6) is -2.00. The normalized spacial score (nSPS) is 18.7. The third-order valence-electron chi connectivity index (χ3n) is 3.16. The molecule has 1 fully saturated rings. The van der Waals surface area contributed by atoms with E-state index in [1.807, 2.05) is 0 Å². The highest BCUT2D eigenvalue weighted by atomic mass is 16.6. The molecule has 1 heterocycles. The van der Waals surface area contributed by atoms with Crippen LogP contribution in [-0.4, -0.2) is 28.5 Å². The van der Waals surface area contributed by atoms with Crippen LogP contribution in [0.15, 0.2) is 18.2 Å². The standard InChI is InChI=1S/C12H12N2O5/c1-7-4-9(14(18)19)2-3-10(7)13-6-8(12(16)17)5-11(13)15/h2-4,8H,5-6H2,1H3,(H,16,17). The highest BCUT2D eigenvalue weighted by molar-refractivity contribution is 5.99. The van der Waals surface area contributed by atoms with Crippen molar-refractivity contribution in [2.45, 2.75) is 13.3 Å². The fourth-order valence-corrected chi connectivity index (χ4v) is 2.16. The van der Waals surface area contributed by atoms with Gasteiger partial charge in [-0.05, 0) is 18.6 Å². The van der Waals surface area contributed by atoms with Crippen LogP contribution in [0, 0.1) is 23.0 Å². The molecule has 0 aliphatic carbocycles. The zero-order valence-electron chi connectivity index (χ0n) is 10.2. The Kier molecular flexibility index (Phi) is 3.20. The molecule has 1 aliphatic rings. The maximum absolute atomic E-state index is 11.8. The summed E-state index contributed by atoms with van der Waals surface area (Å²) < 4.78 is 0. The van der Waals surface area contributed by atoms with E-state index in [9.17, 15) is 19.7 Å². The van der Waals surface area contributed by atoms with Gasteiger partial charge in [0.15, 0.2) is 0 Å². The SMILES string of the molecule is Cc1cc([N+](=O)[O-])ccc1N1CC(C(=O)O)CC1=O. The van der Waals surface area contributed by atoms with E-state index in [4.69, 9.17) is 5.11 Å². The van der Waals surface area contributed by atoms with Gasteiger partial charge in [0.1, 0.15) is 0 Å². The number of nitro groups is 1. The zero-order valence-corrected chi connectivity index (χ0v) is 10.2. The third kappa shape index (κ3) is 2.40. The van der Waals surface area contributed by atoms with E-state index in [2.05, 4.69) is 0 Å². The first kappa shape index (κ1) is 13.0. The Hall–Kier alpha value is -2.44. The van der Waals surface area contributed by atoms with Gasteiger partial charge >= 0.3 is 5.97 Å². The molecule has 1 aromatic rings. The van der Waals surface area contributed by atoms with Gasteiger partial charge in [0.25, 0.3) is 5.69 Å². The van der Waals surface area contributed by atoms with Crippen molar-refractivity contribution in [3.8, 4) is 0 Å². The topological polar surface area (TPSA) is 101 Å². The average Bonchev–Trinajstić information content (AvgIpc) is 2.71. The summed E-state index contributed by atoms with van der Waals surface area (Å²) in [6.07, 6.45) is -0.0360. The largest absolute Gasteiger partial charge is 0.481 e. The lowest BCUT2D eigenvalue weighted by Crippen LogP contribution is -2.26. The molecule has 1 unspecified atom stereocenters. The maximum atomic E-state index is 11.8. The molecule has 0 aromatic heterocycles. The molecule has 0 bridgehead atoms. The van der Waals surface area contributed by atoms with Gasteiger partial charge in [-0.25, -0.2) is 0 Å². The minimum Gasteiger partial charge on any atom is -0.481 e. The molecule has 0 radical (unpaired) electrons. The van der Waals surface area contributed by atoms with E-state index in [1.165, 1.54) is 23.1 Å². The third-order valence-corrected chi connectivity index (χ3v) is 3.16. The number of carbonyl (C=O) groups is 2. The molecule has 19 heavy (non-hydrogen) atoms. The van der Waals surface area contributed by atoms with Gasteiger partial charge in [0.2, 0.25) is 5.91 Å². The van der Waals surface area contributed by atoms with Gasteiger partial charge < -0.3 is 10.0 Å². The molecule has 7 heteroatoms. The number of hydrogen-bond acceptors (Lipinski definition) is 4. The summed E-state index contributed by atoms with van der Waals surface area (Å²) in [6, 6.07) is 4.16. The zero-order chi connectivity index (χ0) is 14.2. The van der Waals surface area contributed by atoms with Crippen molar-refractivity contribution in [2.75, 3.05) is 11.4 Å². The van der Waals surface area contributed by atoms with E-state index >= 15 is 0 Å². The van der Waals surface area contributed by atoms with Crippen molar-refractivity contribution >= 4 is 23.3 Å². The van der Waals surface area contributed by atoms with E-state index in [-0.39, 0.29) is 24.6 Å². The number of aliphatic carboxylic acids is 1. The van der Waals surface area contributed by atoms with Gasteiger partial charge in [-0.3, -0.25) is 19.7 Å². The van der Waals surface area contributed by atoms with Crippen LogP contribution in [0.3, 0.4) is 0 Å². The summed E-state index contributed by atoms with van der Waals surface area (Å²) in [4.78, 5) is 34.2. The molecule has 2 rings (SSSR count). The first-order valence-electron chi connectivity index (χ1n) is 5.68. The molecule has 0 spiro atoms. The Morgan fingerprint density at radius 3 is 2.68 bits per heavy atom. The average molecular weight is 264 g/mol. The molecule has 1 saturated heterocycles. The number of carbonyl (C=O) groups excluding carboxylic acids is 1. The molecule has 1 amide bonds. The van der Waals surface area contributed by atoms with Crippen molar-refractivity contribution in [3.63, 3.8) is 0 Å². The number of nitrogens with zero attached hydrogens (tertiary/aromatic N) is 2. The van der Waals surface area contributed by atoms with Gasteiger partial charge in [0, 0.05) is 30.8 Å². The van der Waals surface area contributed by atoms with Gasteiger partial charge in [-0.2, -0.15) is 0 Å². The Bertz CT molecular complexity index is 569. The number of benzene rings is 1. The summed E-state index contributed by atoms with van der Waals surface area (Å²) in [5, 5.41) is 19.6. The highest BCUT2D eigenvalue weighted by Crippen LogP contribution is 2.30. The monoisotopic (exact) mass is 264 g/mol. The predicted molar refractivity (Wildman–Crippen MR) is 65.9 cm³/mol. The molecule has 1 aromatic carbocycles. The number of nitro benzene ring substituents is 1. The summed E-state index contributed by atoms with van der Waals surface area (Å²) in [6.45, 7) is 1.76. The second kappa shape index (κ2) is 4.68. The van der Waals surface area contributed by atoms with E-state index in [0.29, 0.717) is 11.3 Å². The second-order valence-corrected chi connectivity index (χ2v) is 4.47. The minimum atomic E-state index is -1.00. The molecule has 0 saturated carbocycles. The van der Waals surface area contributed by atoms with E-state index in [1.54, 1.807) is 6.92 Å². The van der Waals surface area contributed by atoms with Gasteiger partial charge in [-0.1, -0.05) is 0 Å². The lowest BCUT2D eigenvalue weighted by molar-refractivity contribution is -0.384. The van der Waals surface area contributed by atoms with Gasteiger partial charge in [-0.15, -0.1) is 0 Å². The molecule has 1 N–H and O–H groups in total. The first-order chi connectivity index (χ1) is 8.90. The van der Waals surface area contributed by atoms with Crippen LogP contribution in [0.25, 0.3) is 0 Å². The van der Waals surface area contributed by atoms with Crippen LogP contribution in [0.4, 0.5) is 11.4 Å². The summed E-state index contributed by atoms with van der Waals surface area (Å²) >= 11 is 0. The Morgan fingerprint density at radius 1 is 1.53 bits per heavy atom. The smallest absolute Gasteiger partial charge is 0.308 e. The highest BCUT2D eigenvalue weighted by Gasteiger charge is 2.35. The second-order valence-electron chi connectivity index (χ2n) is 4.47. The van der Waals surface area contributed by atoms with Crippen molar-refractivity contribution in [1.82, 2.24) is 0 Å². The number of carboxylic acid groups (broad SMARTS) is 1. The number of rotatable bonds is 3. The number of carboxylic acids is 1. The Balaban J connectivity index is 2.30. The molecule has 100 valence electrons. The van der Waals surface area contributed by atoms with Crippen LogP contribution >= 0.6 is 0 Å². The Morgan fingerprint density at radius 2 is 2.21 bits per heavy atom. The molecular weight excluding hydrogens is 252 g/mol. The number of non-ortho nitro benzene ring substituents is 1. The molecular formula is C12H12N2O5. The molecule has 1 aliphatic heterocycles. The van der Waals surface area contributed by atoms with Crippen LogP contribution in [-0.2, 0) is 9.59 Å². The molecule has 1 atom stereocenters. The van der Waals surface area contributed by atoms with Crippen molar-refractivity contribution in [2.24, 2.45) is 5.92 Å². The van der Waals surface area contributed by atoms with Crippen LogP contribution in [0.2, 0.25) is 0 Å². The summed E-state index contributed by atoms with van der Waals surface area (Å²) in [5.41, 5.74) is 1.05. The number of hydrogen-bond donors (Lipinski definition) is 1. The first-order valence-corrected chi connectivity index (χ1v) is 5.68. The minimum absolute atomic E-state index is 0.0360.